The molecule has 1 aliphatic rings. The number of carbonyl (C=O) groups is 1. The van der Waals surface area contributed by atoms with Crippen LogP contribution in [0.1, 0.15) is 17.3 Å². The summed E-state index contributed by atoms with van der Waals surface area (Å²) in [7, 11) is 2.13. The topological polar surface area (TPSA) is 54.3 Å². The minimum Gasteiger partial charge on any atom is -0.462 e. The first-order valence-corrected chi connectivity index (χ1v) is 9.94. The molecule has 1 saturated heterocycles. The Morgan fingerprint density at radius 2 is 1.76 bits per heavy atom. The molecule has 1 aliphatic heterocycles. The number of esters is 1. The molecule has 1 fully saturated rings. The molecule has 6 nitrogen and oxygen atoms in total. The maximum atomic E-state index is 13.0. The van der Waals surface area contributed by atoms with Gasteiger partial charge in [0.15, 0.2) is 0 Å². The van der Waals surface area contributed by atoms with E-state index in [4.69, 9.17) is 4.74 Å². The summed E-state index contributed by atoms with van der Waals surface area (Å²) in [4.78, 5) is 30.0. The van der Waals surface area contributed by atoms with E-state index in [-0.39, 0.29) is 17.7 Å². The zero-order chi connectivity index (χ0) is 20.4. The minimum atomic E-state index is -0.591. The third kappa shape index (κ3) is 3.76. The number of carbonyl (C=O) groups excluding carboxylic acids is 1. The van der Waals surface area contributed by atoms with Gasteiger partial charge < -0.3 is 14.5 Å². The predicted octanol–water partition coefficient (Wildman–Crippen LogP) is 2.90. The van der Waals surface area contributed by atoms with Crippen molar-refractivity contribution in [3.8, 4) is 11.1 Å². The Labute approximate surface area is 169 Å². The first-order chi connectivity index (χ1) is 14.1. The molecule has 0 atom stereocenters. The Balaban J connectivity index is 1.90. The maximum Gasteiger partial charge on any atom is 0.343 e. The molecular formula is C23H25N3O3. The summed E-state index contributed by atoms with van der Waals surface area (Å²) in [5.74, 6) is -0.591. The number of fused-ring (bicyclic) bond motifs is 1. The summed E-state index contributed by atoms with van der Waals surface area (Å²) in [6, 6.07) is 15.5. The number of aromatic nitrogens is 1. The smallest absolute Gasteiger partial charge is 0.343 e. The van der Waals surface area contributed by atoms with Crippen molar-refractivity contribution in [1.29, 1.82) is 0 Å². The van der Waals surface area contributed by atoms with Gasteiger partial charge in [-0.2, -0.15) is 0 Å². The van der Waals surface area contributed by atoms with Crippen LogP contribution in [0, 0.1) is 0 Å². The number of hydrogen-bond donors (Lipinski definition) is 0. The molecule has 4 rings (SSSR count). The van der Waals surface area contributed by atoms with Gasteiger partial charge in [0, 0.05) is 43.6 Å². The fourth-order valence-electron chi connectivity index (χ4n) is 3.75. The van der Waals surface area contributed by atoms with Crippen LogP contribution in [0.4, 0.5) is 5.69 Å². The van der Waals surface area contributed by atoms with Gasteiger partial charge in [0.25, 0.3) is 5.56 Å². The normalized spacial score (nSPS) is 14.9. The number of benzene rings is 1. The monoisotopic (exact) mass is 391 g/mol. The van der Waals surface area contributed by atoms with Gasteiger partial charge in [-0.15, -0.1) is 0 Å². The molecule has 0 saturated carbocycles. The molecule has 1 aromatic carbocycles. The second-order valence-corrected chi connectivity index (χ2v) is 7.29. The standard InChI is InChI=1S/C23H25N3O3/c1-3-29-23(28)20-16-19(17-7-5-4-6-8-17)21-15-18(9-10-26(21)22(20)27)25-13-11-24(2)12-14-25/h4-10,15-16H,3,11-14H2,1-2H3. The molecule has 0 bridgehead atoms. The highest BCUT2D eigenvalue weighted by Gasteiger charge is 2.20. The van der Waals surface area contributed by atoms with Crippen molar-refractivity contribution in [3.05, 3.63) is 70.6 Å². The van der Waals surface area contributed by atoms with E-state index in [1.807, 2.05) is 42.5 Å². The summed E-state index contributed by atoms with van der Waals surface area (Å²) >= 11 is 0. The van der Waals surface area contributed by atoms with Crippen LogP contribution in [-0.4, -0.2) is 55.1 Å². The number of anilines is 1. The molecular weight excluding hydrogens is 366 g/mol. The van der Waals surface area contributed by atoms with Crippen LogP contribution in [0.2, 0.25) is 0 Å². The number of ether oxygens (including phenoxy) is 1. The molecule has 0 spiro atoms. The number of rotatable bonds is 4. The third-order valence-electron chi connectivity index (χ3n) is 5.40. The van der Waals surface area contributed by atoms with Crippen LogP contribution in [-0.2, 0) is 4.74 Å². The van der Waals surface area contributed by atoms with Crippen LogP contribution in [0.15, 0.2) is 59.5 Å². The zero-order valence-electron chi connectivity index (χ0n) is 16.8. The molecule has 2 aromatic heterocycles. The van der Waals surface area contributed by atoms with Gasteiger partial charge in [0.05, 0.1) is 12.1 Å². The molecule has 0 aliphatic carbocycles. The summed E-state index contributed by atoms with van der Waals surface area (Å²) in [5.41, 5.74) is 3.35. The van der Waals surface area contributed by atoms with E-state index < -0.39 is 5.97 Å². The van der Waals surface area contributed by atoms with E-state index in [1.54, 1.807) is 23.6 Å². The lowest BCUT2D eigenvalue weighted by Crippen LogP contribution is -2.44. The Hall–Kier alpha value is -3.12. The van der Waals surface area contributed by atoms with Crippen LogP contribution < -0.4 is 10.5 Å². The van der Waals surface area contributed by atoms with Crippen LogP contribution >= 0.6 is 0 Å². The number of nitrogens with zero attached hydrogens (tertiary/aromatic N) is 3. The van der Waals surface area contributed by atoms with Crippen LogP contribution in [0.3, 0.4) is 0 Å². The molecule has 0 radical (unpaired) electrons. The summed E-state index contributed by atoms with van der Waals surface area (Å²) < 4.78 is 6.66. The van der Waals surface area contributed by atoms with Gasteiger partial charge in [-0.25, -0.2) is 4.79 Å². The highest BCUT2D eigenvalue weighted by atomic mass is 16.5. The third-order valence-corrected chi connectivity index (χ3v) is 5.40. The average molecular weight is 391 g/mol. The number of piperazine rings is 1. The lowest BCUT2D eigenvalue weighted by molar-refractivity contribution is 0.0524. The molecule has 3 heterocycles. The Kier molecular flexibility index (Phi) is 5.36. The van der Waals surface area contributed by atoms with Gasteiger partial charge in [-0.1, -0.05) is 30.3 Å². The first kappa shape index (κ1) is 19.2. The van der Waals surface area contributed by atoms with E-state index in [1.165, 1.54) is 0 Å². The van der Waals surface area contributed by atoms with Crippen molar-refractivity contribution in [1.82, 2.24) is 9.30 Å². The van der Waals surface area contributed by atoms with Crippen molar-refractivity contribution in [2.75, 3.05) is 44.7 Å². The quantitative estimate of drug-likeness (QED) is 0.640. The van der Waals surface area contributed by atoms with Crippen LogP contribution in [0.25, 0.3) is 16.6 Å². The summed E-state index contributed by atoms with van der Waals surface area (Å²) in [6.07, 6.45) is 1.76. The van der Waals surface area contributed by atoms with Gasteiger partial charge in [-0.05, 0) is 37.7 Å². The number of likely N-dealkylation sites (N-methyl/N-ethyl adjacent to an activating group) is 1. The summed E-state index contributed by atoms with van der Waals surface area (Å²) in [6.45, 7) is 5.86. The van der Waals surface area contributed by atoms with Crippen LogP contribution in [0.5, 0.6) is 0 Å². The van der Waals surface area contributed by atoms with Crippen molar-refractivity contribution in [2.45, 2.75) is 6.92 Å². The molecule has 150 valence electrons. The molecule has 6 heteroatoms. The van der Waals surface area contributed by atoms with Crippen molar-refractivity contribution < 1.29 is 9.53 Å². The fourth-order valence-corrected chi connectivity index (χ4v) is 3.75. The zero-order valence-corrected chi connectivity index (χ0v) is 16.8. The van der Waals surface area contributed by atoms with Gasteiger partial charge in [0.1, 0.15) is 5.56 Å². The maximum absolute atomic E-state index is 13.0. The molecule has 29 heavy (non-hydrogen) atoms. The molecule has 0 amide bonds. The molecule has 0 unspecified atom stereocenters. The van der Waals surface area contributed by atoms with E-state index in [0.717, 1.165) is 48.5 Å². The second kappa shape index (κ2) is 8.09. The Morgan fingerprint density at radius 3 is 2.45 bits per heavy atom. The second-order valence-electron chi connectivity index (χ2n) is 7.29. The Bertz CT molecular complexity index is 1080. The molecule has 0 N–H and O–H groups in total. The predicted molar refractivity (Wildman–Crippen MR) is 115 cm³/mol. The van der Waals surface area contributed by atoms with Gasteiger partial charge in [0.2, 0.25) is 0 Å². The SMILES string of the molecule is CCOC(=O)c1cc(-c2ccccc2)c2cc(N3CCN(C)CC3)ccn2c1=O. The largest absolute Gasteiger partial charge is 0.462 e. The van der Waals surface area contributed by atoms with Crippen molar-refractivity contribution in [3.63, 3.8) is 0 Å². The summed E-state index contributed by atoms with van der Waals surface area (Å²) in [5, 5.41) is 0. The highest BCUT2D eigenvalue weighted by Crippen LogP contribution is 2.28. The minimum absolute atomic E-state index is 0.0514. The fraction of sp³-hybridized carbons (Fsp3) is 0.304. The Morgan fingerprint density at radius 1 is 1.03 bits per heavy atom. The van der Waals surface area contributed by atoms with E-state index in [2.05, 4.69) is 16.8 Å². The average Bonchev–Trinajstić information content (AvgIpc) is 2.75. The van der Waals surface area contributed by atoms with E-state index in [0.29, 0.717) is 0 Å². The van der Waals surface area contributed by atoms with Crippen molar-refractivity contribution >= 4 is 17.2 Å². The van der Waals surface area contributed by atoms with E-state index in [9.17, 15) is 9.59 Å². The highest BCUT2D eigenvalue weighted by molar-refractivity contribution is 5.93. The number of pyridine rings is 2. The van der Waals surface area contributed by atoms with Gasteiger partial charge in [-0.3, -0.25) is 9.20 Å². The lowest BCUT2D eigenvalue weighted by Gasteiger charge is -2.34. The lowest BCUT2D eigenvalue weighted by atomic mass is 10.0. The number of hydrogen-bond acceptors (Lipinski definition) is 5. The molecule has 3 aromatic rings. The van der Waals surface area contributed by atoms with Crippen molar-refractivity contribution in [2.24, 2.45) is 0 Å². The van der Waals surface area contributed by atoms with E-state index >= 15 is 0 Å². The first-order valence-electron chi connectivity index (χ1n) is 9.94. The van der Waals surface area contributed by atoms with Gasteiger partial charge >= 0.3 is 5.97 Å².